The van der Waals surface area contributed by atoms with Gasteiger partial charge in [0.05, 0.1) is 31.6 Å². The summed E-state index contributed by atoms with van der Waals surface area (Å²) >= 11 is 0. The van der Waals surface area contributed by atoms with E-state index in [4.69, 9.17) is 14.6 Å². The maximum atomic E-state index is 13.4. The highest BCUT2D eigenvalue weighted by atomic mass is 16.5. The minimum absolute atomic E-state index is 0.234. The molecule has 0 saturated carbocycles. The van der Waals surface area contributed by atoms with Gasteiger partial charge >= 0.3 is 0 Å². The van der Waals surface area contributed by atoms with Crippen molar-refractivity contribution in [3.8, 4) is 22.7 Å². The summed E-state index contributed by atoms with van der Waals surface area (Å²) in [5, 5.41) is 7.78. The lowest BCUT2D eigenvalue weighted by Gasteiger charge is -2.28. The third kappa shape index (κ3) is 4.51. The molecule has 1 amide bonds. The smallest absolute Gasteiger partial charge is 0.259 e. The van der Waals surface area contributed by atoms with Crippen LogP contribution in [0, 0.1) is 0 Å². The van der Waals surface area contributed by atoms with Crippen molar-refractivity contribution < 1.29 is 14.3 Å². The molecule has 172 valence electrons. The van der Waals surface area contributed by atoms with Gasteiger partial charge in [0.25, 0.3) is 5.91 Å². The number of aromatic nitrogens is 2. The van der Waals surface area contributed by atoms with Crippen LogP contribution < -0.4 is 15.0 Å². The highest BCUT2D eigenvalue weighted by molar-refractivity contribution is 6.08. The second-order valence-electron chi connectivity index (χ2n) is 7.97. The molecule has 7 nitrogen and oxygen atoms in total. The average molecular weight is 455 g/mol. The lowest BCUT2D eigenvalue weighted by atomic mass is 10.1. The summed E-state index contributed by atoms with van der Waals surface area (Å²) in [6, 6.07) is 25.2. The zero-order valence-corrected chi connectivity index (χ0v) is 19.0. The second kappa shape index (κ2) is 9.80. The van der Waals surface area contributed by atoms with Gasteiger partial charge in [0, 0.05) is 36.2 Å². The van der Waals surface area contributed by atoms with Crippen LogP contribution in [0.25, 0.3) is 16.9 Å². The monoisotopic (exact) mass is 454 g/mol. The molecule has 2 heterocycles. The molecular formula is C27H26N4O3. The van der Waals surface area contributed by atoms with E-state index in [-0.39, 0.29) is 5.91 Å². The third-order valence-electron chi connectivity index (χ3n) is 5.84. The van der Waals surface area contributed by atoms with Crippen LogP contribution >= 0.6 is 0 Å². The molecule has 1 saturated heterocycles. The second-order valence-corrected chi connectivity index (χ2v) is 7.97. The molecule has 7 heteroatoms. The number of amides is 1. The molecule has 5 rings (SSSR count). The molecule has 0 bridgehead atoms. The standard InChI is InChI=1S/C27H26N4O3/c1-33-25-10-6-5-9-23(25)26-24(19-31(29-26)22-7-3-2-4-8-22)27(32)28-20-11-13-21(14-12-20)30-15-17-34-18-16-30/h2-14,19H,15-18H2,1H3,(H,28,32). The highest BCUT2D eigenvalue weighted by Gasteiger charge is 2.21. The highest BCUT2D eigenvalue weighted by Crippen LogP contribution is 2.32. The average Bonchev–Trinajstić information content (AvgIpc) is 3.36. The number of nitrogens with zero attached hydrogens (tertiary/aromatic N) is 3. The van der Waals surface area contributed by atoms with Crippen molar-refractivity contribution in [2.45, 2.75) is 0 Å². The summed E-state index contributed by atoms with van der Waals surface area (Å²) in [6.07, 6.45) is 1.76. The van der Waals surface area contributed by atoms with E-state index in [1.54, 1.807) is 18.0 Å². The molecule has 0 radical (unpaired) electrons. The number of morpholine rings is 1. The molecule has 0 spiro atoms. The van der Waals surface area contributed by atoms with E-state index < -0.39 is 0 Å². The quantitative estimate of drug-likeness (QED) is 0.460. The SMILES string of the molecule is COc1ccccc1-c1nn(-c2ccccc2)cc1C(=O)Nc1ccc(N2CCOCC2)cc1. The molecule has 0 unspecified atom stereocenters. The van der Waals surface area contributed by atoms with Crippen molar-refractivity contribution in [2.75, 3.05) is 43.6 Å². The molecule has 1 aliphatic heterocycles. The first-order valence-corrected chi connectivity index (χ1v) is 11.3. The van der Waals surface area contributed by atoms with Crippen molar-refractivity contribution in [3.05, 3.63) is 90.6 Å². The van der Waals surface area contributed by atoms with Crippen LogP contribution in [0.5, 0.6) is 5.75 Å². The zero-order valence-electron chi connectivity index (χ0n) is 19.0. The van der Waals surface area contributed by atoms with Gasteiger partial charge in [-0.3, -0.25) is 4.79 Å². The largest absolute Gasteiger partial charge is 0.496 e. The number of benzene rings is 3. The molecule has 0 atom stereocenters. The number of hydrogen-bond acceptors (Lipinski definition) is 5. The summed E-state index contributed by atoms with van der Waals surface area (Å²) in [6.45, 7) is 3.20. The Morgan fingerprint density at radius 1 is 0.912 bits per heavy atom. The number of rotatable bonds is 6. The van der Waals surface area contributed by atoms with E-state index in [2.05, 4.69) is 10.2 Å². The van der Waals surface area contributed by atoms with Gasteiger partial charge in [0.1, 0.15) is 11.4 Å². The maximum absolute atomic E-state index is 13.4. The van der Waals surface area contributed by atoms with Gasteiger partial charge in [-0.1, -0.05) is 30.3 Å². The summed E-state index contributed by atoms with van der Waals surface area (Å²) < 4.78 is 12.7. The lowest BCUT2D eigenvalue weighted by Crippen LogP contribution is -2.36. The van der Waals surface area contributed by atoms with Crippen LogP contribution in [0.3, 0.4) is 0 Å². The van der Waals surface area contributed by atoms with Crippen molar-refractivity contribution in [2.24, 2.45) is 0 Å². The summed E-state index contributed by atoms with van der Waals surface area (Å²) in [5.41, 5.74) is 4.49. The molecule has 1 aromatic heterocycles. The van der Waals surface area contributed by atoms with Crippen molar-refractivity contribution >= 4 is 17.3 Å². The Bertz CT molecular complexity index is 1260. The fraction of sp³-hybridized carbons (Fsp3) is 0.185. The van der Waals surface area contributed by atoms with Gasteiger partial charge < -0.3 is 19.7 Å². The summed E-state index contributed by atoms with van der Waals surface area (Å²) in [4.78, 5) is 15.7. The number of nitrogens with one attached hydrogen (secondary N) is 1. The van der Waals surface area contributed by atoms with Crippen LogP contribution in [0.15, 0.2) is 85.1 Å². The van der Waals surface area contributed by atoms with E-state index >= 15 is 0 Å². The fourth-order valence-corrected chi connectivity index (χ4v) is 4.07. The minimum atomic E-state index is -0.234. The number of anilines is 2. The van der Waals surface area contributed by atoms with E-state index in [9.17, 15) is 4.79 Å². The molecule has 1 N–H and O–H groups in total. The predicted octanol–water partition coefficient (Wildman–Crippen LogP) is 4.64. The predicted molar refractivity (Wildman–Crippen MR) is 133 cm³/mol. The van der Waals surface area contributed by atoms with E-state index in [1.807, 2.05) is 78.9 Å². The normalized spacial score (nSPS) is 13.5. The van der Waals surface area contributed by atoms with E-state index in [0.29, 0.717) is 17.0 Å². The van der Waals surface area contributed by atoms with Crippen LogP contribution in [-0.2, 0) is 4.74 Å². The lowest BCUT2D eigenvalue weighted by molar-refractivity contribution is 0.102. The number of ether oxygens (including phenoxy) is 2. The fourth-order valence-electron chi connectivity index (χ4n) is 4.07. The first-order chi connectivity index (χ1) is 16.7. The van der Waals surface area contributed by atoms with Crippen molar-refractivity contribution in [1.82, 2.24) is 9.78 Å². The molecule has 3 aromatic carbocycles. The topological polar surface area (TPSA) is 68.6 Å². The van der Waals surface area contributed by atoms with Gasteiger partial charge in [-0.25, -0.2) is 4.68 Å². The molecular weight excluding hydrogens is 428 g/mol. The first kappa shape index (κ1) is 21.7. The number of carbonyl (C=O) groups excluding carboxylic acids is 1. The Balaban J connectivity index is 1.46. The Hall–Kier alpha value is -4.10. The maximum Gasteiger partial charge on any atom is 0.259 e. The number of methoxy groups -OCH3 is 1. The third-order valence-corrected chi connectivity index (χ3v) is 5.84. The number of para-hydroxylation sites is 2. The van der Waals surface area contributed by atoms with E-state index in [0.717, 1.165) is 48.9 Å². The van der Waals surface area contributed by atoms with Crippen molar-refractivity contribution in [3.63, 3.8) is 0 Å². The van der Waals surface area contributed by atoms with Gasteiger partial charge in [0.15, 0.2) is 0 Å². The van der Waals surface area contributed by atoms with Crippen LogP contribution in [0.1, 0.15) is 10.4 Å². The van der Waals surface area contributed by atoms with E-state index in [1.165, 1.54) is 0 Å². The molecule has 0 aliphatic carbocycles. The summed E-state index contributed by atoms with van der Waals surface area (Å²) in [7, 11) is 1.61. The Kier molecular flexibility index (Phi) is 6.27. The molecule has 4 aromatic rings. The summed E-state index contributed by atoms with van der Waals surface area (Å²) in [5.74, 6) is 0.423. The Morgan fingerprint density at radius 3 is 2.35 bits per heavy atom. The Morgan fingerprint density at radius 2 is 1.62 bits per heavy atom. The van der Waals surface area contributed by atoms with Gasteiger partial charge in [-0.2, -0.15) is 5.10 Å². The molecule has 34 heavy (non-hydrogen) atoms. The molecule has 1 aliphatic rings. The van der Waals surface area contributed by atoms with Gasteiger partial charge in [0.2, 0.25) is 0 Å². The van der Waals surface area contributed by atoms with Crippen LogP contribution in [-0.4, -0.2) is 49.1 Å². The number of hydrogen-bond donors (Lipinski definition) is 1. The zero-order chi connectivity index (χ0) is 23.3. The van der Waals surface area contributed by atoms with Crippen LogP contribution in [0.2, 0.25) is 0 Å². The van der Waals surface area contributed by atoms with Gasteiger partial charge in [-0.15, -0.1) is 0 Å². The first-order valence-electron chi connectivity index (χ1n) is 11.3. The molecule has 1 fully saturated rings. The van der Waals surface area contributed by atoms with Crippen LogP contribution in [0.4, 0.5) is 11.4 Å². The number of carbonyl (C=O) groups is 1. The Labute approximate surface area is 198 Å². The van der Waals surface area contributed by atoms with Gasteiger partial charge in [-0.05, 0) is 48.5 Å². The minimum Gasteiger partial charge on any atom is -0.496 e. The van der Waals surface area contributed by atoms with Crippen molar-refractivity contribution in [1.29, 1.82) is 0 Å².